The van der Waals surface area contributed by atoms with E-state index in [0.717, 1.165) is 15.4 Å². The van der Waals surface area contributed by atoms with Crippen molar-refractivity contribution in [2.24, 2.45) is 11.8 Å². The van der Waals surface area contributed by atoms with Gasteiger partial charge in [-0.05, 0) is 42.0 Å². The highest BCUT2D eigenvalue weighted by Gasteiger charge is 2.32. The summed E-state index contributed by atoms with van der Waals surface area (Å²) in [6.07, 6.45) is 6.19. The molecule has 0 aliphatic heterocycles. The Bertz CT molecular complexity index is 930. The van der Waals surface area contributed by atoms with Crippen LogP contribution in [0.2, 0.25) is 0 Å². The first-order chi connectivity index (χ1) is 12.9. The highest BCUT2D eigenvalue weighted by Crippen LogP contribution is 2.39. The van der Waals surface area contributed by atoms with Crippen molar-refractivity contribution in [1.29, 1.82) is 0 Å². The minimum atomic E-state index is -3.58. The molecule has 0 heterocycles. The van der Waals surface area contributed by atoms with Crippen LogP contribution in [0.15, 0.2) is 87.5 Å². The quantitative estimate of drug-likeness (QED) is 0.699. The molecule has 1 aliphatic carbocycles. The Hall–Kier alpha value is -1.82. The van der Waals surface area contributed by atoms with Gasteiger partial charge in [-0.15, -0.1) is 0 Å². The van der Waals surface area contributed by atoms with E-state index in [4.69, 9.17) is 0 Å². The summed E-state index contributed by atoms with van der Waals surface area (Å²) in [5.41, 5.74) is 1.04. The maximum absolute atomic E-state index is 12.9. The molecule has 2 aromatic carbocycles. The second-order valence-corrected chi connectivity index (χ2v) is 9.96. The van der Waals surface area contributed by atoms with E-state index in [2.05, 4.69) is 42.9 Å². The predicted molar refractivity (Wildman–Crippen MR) is 113 cm³/mol. The van der Waals surface area contributed by atoms with E-state index in [0.29, 0.717) is 4.90 Å². The lowest BCUT2D eigenvalue weighted by Gasteiger charge is -2.29. The zero-order chi connectivity index (χ0) is 19.4. The van der Waals surface area contributed by atoms with Gasteiger partial charge in [-0.2, -0.15) is 0 Å². The van der Waals surface area contributed by atoms with Crippen LogP contribution in [0, 0.1) is 18.8 Å². The van der Waals surface area contributed by atoms with E-state index in [1.165, 1.54) is 0 Å². The molecule has 1 unspecified atom stereocenters. The predicted octanol–water partition coefficient (Wildman–Crippen LogP) is 5.16. The summed E-state index contributed by atoms with van der Waals surface area (Å²) >= 11 is 1.69. The molecule has 0 fully saturated rings. The van der Waals surface area contributed by atoms with Crippen molar-refractivity contribution in [3.63, 3.8) is 0 Å². The van der Waals surface area contributed by atoms with E-state index in [9.17, 15) is 8.42 Å². The molecular weight excluding hydrogens is 374 g/mol. The summed E-state index contributed by atoms with van der Waals surface area (Å²) < 4.78 is 28.8. The summed E-state index contributed by atoms with van der Waals surface area (Å²) in [5.74, 6) is 0.174. The Labute approximate surface area is 166 Å². The van der Waals surface area contributed by atoms with Crippen LogP contribution < -0.4 is 4.72 Å². The van der Waals surface area contributed by atoms with Crippen molar-refractivity contribution in [3.05, 3.63) is 83.3 Å². The second kappa shape index (κ2) is 8.46. The summed E-state index contributed by atoms with van der Waals surface area (Å²) in [7, 11) is -3.58. The number of nitrogens with one attached hydrogen (secondary N) is 1. The van der Waals surface area contributed by atoms with E-state index in [1.807, 2.05) is 43.3 Å². The van der Waals surface area contributed by atoms with Crippen LogP contribution in [0.3, 0.4) is 0 Å². The number of hydrogen-bond acceptors (Lipinski definition) is 3. The van der Waals surface area contributed by atoms with Crippen LogP contribution >= 0.6 is 11.8 Å². The Morgan fingerprint density at radius 3 is 2.30 bits per heavy atom. The van der Waals surface area contributed by atoms with Crippen molar-refractivity contribution in [2.75, 3.05) is 0 Å². The lowest BCUT2D eigenvalue weighted by molar-refractivity contribution is 0.401. The molecule has 0 saturated heterocycles. The number of aryl methyl sites for hydroxylation is 1. The summed E-state index contributed by atoms with van der Waals surface area (Å²) in [4.78, 5) is 2.62. The van der Waals surface area contributed by atoms with E-state index < -0.39 is 10.0 Å². The van der Waals surface area contributed by atoms with Crippen molar-refractivity contribution in [2.45, 2.75) is 36.6 Å². The molecule has 0 radical (unpaired) electrons. The Morgan fingerprint density at radius 1 is 1.00 bits per heavy atom. The maximum atomic E-state index is 12.9. The van der Waals surface area contributed by atoms with Crippen LogP contribution in [-0.4, -0.2) is 14.5 Å². The van der Waals surface area contributed by atoms with Gasteiger partial charge in [-0.25, -0.2) is 13.1 Å². The van der Waals surface area contributed by atoms with Crippen molar-refractivity contribution in [3.8, 4) is 0 Å². The highest BCUT2D eigenvalue weighted by atomic mass is 32.2. The van der Waals surface area contributed by atoms with Crippen molar-refractivity contribution < 1.29 is 8.42 Å². The lowest BCUT2D eigenvalue weighted by atomic mass is 9.92. The fourth-order valence-corrected chi connectivity index (χ4v) is 5.57. The highest BCUT2D eigenvalue weighted by molar-refractivity contribution is 8.03. The maximum Gasteiger partial charge on any atom is 0.240 e. The van der Waals surface area contributed by atoms with Crippen LogP contribution in [0.5, 0.6) is 0 Å². The number of rotatable bonds is 7. The minimum absolute atomic E-state index is 0.0235. The molecule has 0 bridgehead atoms. The number of hydrogen-bond donors (Lipinski definition) is 1. The third kappa shape index (κ3) is 4.92. The van der Waals surface area contributed by atoms with Gasteiger partial charge < -0.3 is 0 Å². The molecule has 1 N–H and O–H groups in total. The largest absolute Gasteiger partial charge is 0.240 e. The zero-order valence-electron chi connectivity index (χ0n) is 15.8. The molecule has 0 spiro atoms. The molecule has 2 atom stereocenters. The first-order valence-corrected chi connectivity index (χ1v) is 11.4. The van der Waals surface area contributed by atoms with Gasteiger partial charge in [-0.1, -0.05) is 79.7 Å². The molecule has 142 valence electrons. The molecule has 0 aromatic heterocycles. The smallest absolute Gasteiger partial charge is 0.207 e. The number of thioether (sulfide) groups is 1. The topological polar surface area (TPSA) is 46.2 Å². The van der Waals surface area contributed by atoms with Crippen LogP contribution in [-0.2, 0) is 10.0 Å². The first-order valence-electron chi connectivity index (χ1n) is 9.07. The second-order valence-electron chi connectivity index (χ2n) is 7.10. The molecule has 1 aliphatic rings. The molecule has 0 amide bonds. The average Bonchev–Trinajstić information content (AvgIpc) is 3.08. The van der Waals surface area contributed by atoms with Crippen molar-refractivity contribution >= 4 is 21.8 Å². The average molecular weight is 400 g/mol. The molecular formula is C22H25NO2S2. The van der Waals surface area contributed by atoms with Gasteiger partial charge in [0, 0.05) is 16.9 Å². The van der Waals surface area contributed by atoms with Crippen LogP contribution in [0.25, 0.3) is 0 Å². The zero-order valence-corrected chi connectivity index (χ0v) is 17.4. The molecule has 5 heteroatoms. The third-order valence-electron chi connectivity index (χ3n) is 4.61. The summed E-state index contributed by atoms with van der Waals surface area (Å²) in [6, 6.07) is 16.9. The fourth-order valence-electron chi connectivity index (χ4n) is 3.09. The van der Waals surface area contributed by atoms with Gasteiger partial charge in [0.15, 0.2) is 0 Å². The summed E-state index contributed by atoms with van der Waals surface area (Å²) in [6.45, 7) is 6.06. The van der Waals surface area contributed by atoms with Crippen LogP contribution in [0.4, 0.5) is 0 Å². The normalized spacial score (nSPS) is 17.9. The minimum Gasteiger partial charge on any atom is -0.207 e. The molecule has 0 saturated carbocycles. The molecule has 3 rings (SSSR count). The number of sulfonamides is 1. The van der Waals surface area contributed by atoms with Gasteiger partial charge >= 0.3 is 0 Å². The number of benzene rings is 2. The molecule has 3 nitrogen and oxygen atoms in total. The lowest BCUT2D eigenvalue weighted by Crippen LogP contribution is -2.43. The first kappa shape index (κ1) is 19.9. The Morgan fingerprint density at radius 2 is 1.67 bits per heavy atom. The van der Waals surface area contributed by atoms with Crippen LogP contribution in [0.1, 0.15) is 19.4 Å². The van der Waals surface area contributed by atoms with E-state index in [-0.39, 0.29) is 17.9 Å². The van der Waals surface area contributed by atoms with Gasteiger partial charge in [0.2, 0.25) is 10.0 Å². The van der Waals surface area contributed by atoms with Gasteiger partial charge in [0.1, 0.15) is 0 Å². The van der Waals surface area contributed by atoms with Gasteiger partial charge in [-0.3, -0.25) is 0 Å². The standard InChI is InChI=1S/C22H25NO2S2/c1-16(2)22(23-27(24,25)19-14-12-17(3)13-15-19)20-10-7-11-21(20)26-18-8-5-4-6-9-18/h4-16,20,22-23H,1-3H3/t20?,22-/m0/s1. The Balaban J connectivity index is 1.81. The molecule has 2 aromatic rings. The summed E-state index contributed by atoms with van der Waals surface area (Å²) in [5, 5.41) is 0. The van der Waals surface area contributed by atoms with Gasteiger partial charge in [0.25, 0.3) is 0 Å². The third-order valence-corrected chi connectivity index (χ3v) is 7.24. The van der Waals surface area contributed by atoms with Crippen molar-refractivity contribution in [1.82, 2.24) is 4.72 Å². The number of allylic oxidation sites excluding steroid dienone is 2. The Kier molecular flexibility index (Phi) is 6.25. The van der Waals surface area contributed by atoms with Gasteiger partial charge in [0.05, 0.1) is 4.90 Å². The SMILES string of the molecule is Cc1ccc(S(=O)(=O)N[C@@H](C(C)C)C2C=CC=C2Sc2ccccc2)cc1. The monoisotopic (exact) mass is 399 g/mol. The van der Waals surface area contributed by atoms with E-state index in [1.54, 1.807) is 23.9 Å². The van der Waals surface area contributed by atoms with E-state index >= 15 is 0 Å². The fraction of sp³-hybridized carbons (Fsp3) is 0.273. The molecule has 27 heavy (non-hydrogen) atoms.